The van der Waals surface area contributed by atoms with E-state index in [1.165, 1.54) is 0 Å². The molecule has 0 saturated heterocycles. The fraction of sp³-hybridized carbons (Fsp3) is 0.880. The first-order valence-corrected chi connectivity index (χ1v) is 27.9. The largest absolute Gasteiger partial charge is 0.460 e. The van der Waals surface area contributed by atoms with Gasteiger partial charge in [-0.25, -0.2) is 4.79 Å². The van der Waals surface area contributed by atoms with Crippen molar-refractivity contribution in [3.8, 4) is 0 Å². The number of quaternary nitrogens is 1. The van der Waals surface area contributed by atoms with Crippen molar-refractivity contribution in [1.82, 2.24) is 0 Å². The van der Waals surface area contributed by atoms with Crippen molar-refractivity contribution < 1.29 is 50.2 Å². The van der Waals surface area contributed by atoms with Crippen LogP contribution in [0.4, 0.5) is 0 Å². The third-order valence-electron chi connectivity index (χ3n) is 6.12. The average Bonchev–Trinajstić information content (AvgIpc) is 2.74. The van der Waals surface area contributed by atoms with E-state index in [9.17, 15) is 14.3 Å². The Balaban J connectivity index is 4.60. The molecule has 41 heavy (non-hydrogen) atoms. The summed E-state index contributed by atoms with van der Waals surface area (Å²) in [6.45, 7) is 25.2. The number of hydrogen-bond acceptors (Lipinski definition) is 9. The second kappa shape index (κ2) is 17.5. The van der Waals surface area contributed by atoms with Gasteiger partial charge in [0.1, 0.15) is 26.1 Å². The summed E-state index contributed by atoms with van der Waals surface area (Å²) in [4.78, 5) is 20.8. The summed E-state index contributed by atoms with van der Waals surface area (Å²) < 4.78 is 47.8. The monoisotopic (exact) mass is 676 g/mol. The van der Waals surface area contributed by atoms with E-state index in [0.29, 0.717) is 29.8 Å². The van der Waals surface area contributed by atoms with E-state index in [1.807, 2.05) is 0 Å². The zero-order valence-corrected chi connectivity index (χ0v) is 32.4. The number of nitrogens with zero attached hydrogens (tertiary/aromatic N) is 1. The van der Waals surface area contributed by atoms with Crippen LogP contribution >= 0.6 is 7.60 Å². The Morgan fingerprint density at radius 3 is 1.80 bits per heavy atom. The molecule has 0 aliphatic carbocycles. The molecular weight excluding hydrogens is 618 g/mol. The molecule has 0 radical (unpaired) electrons. The molecule has 0 aromatic carbocycles. The topological polar surface area (TPSA) is 130 Å². The van der Waals surface area contributed by atoms with E-state index < -0.39 is 53.7 Å². The van der Waals surface area contributed by atoms with Gasteiger partial charge < -0.3 is 40.8 Å². The predicted molar refractivity (Wildman–Crippen MR) is 173 cm³/mol. The molecule has 0 aromatic heterocycles. The minimum Gasteiger partial charge on any atom is -0.460 e. The van der Waals surface area contributed by atoms with Crippen LogP contribution in [0.15, 0.2) is 12.2 Å². The lowest BCUT2D eigenvalue weighted by Gasteiger charge is -2.41. The van der Waals surface area contributed by atoms with Crippen LogP contribution in [0.5, 0.6) is 0 Å². The SMILES string of the molecule is C=C(C)C(=O)OCCOCCC[Si](C)(C)O[Si](C)(C)O[Si](C)(C)O[Si](C)(C)CCC[N+](C)(C)CCOP(=O)(O)CO. The van der Waals surface area contributed by atoms with Gasteiger partial charge in [0.05, 0.1) is 27.2 Å². The Hall–Kier alpha value is -0.0125. The number of aliphatic hydroxyl groups excluding tert-OH is 1. The molecule has 0 spiro atoms. The van der Waals surface area contributed by atoms with Crippen LogP contribution in [0.3, 0.4) is 0 Å². The molecule has 11 nitrogen and oxygen atoms in total. The molecule has 2 N–H and O–H groups in total. The van der Waals surface area contributed by atoms with Crippen molar-refractivity contribution in [3.63, 3.8) is 0 Å². The molecule has 16 heteroatoms. The summed E-state index contributed by atoms with van der Waals surface area (Å²) >= 11 is 0. The van der Waals surface area contributed by atoms with Gasteiger partial charge in [-0.15, -0.1) is 0 Å². The van der Waals surface area contributed by atoms with Crippen LogP contribution in [0.2, 0.25) is 64.5 Å². The van der Waals surface area contributed by atoms with Crippen molar-refractivity contribution in [2.75, 3.05) is 60.0 Å². The number of aliphatic hydroxyl groups is 1. The van der Waals surface area contributed by atoms with E-state index >= 15 is 0 Å². The third kappa shape index (κ3) is 21.4. The number of ether oxygens (including phenoxy) is 2. The Morgan fingerprint density at radius 2 is 1.32 bits per heavy atom. The summed E-state index contributed by atoms with van der Waals surface area (Å²) in [6, 6.07) is 1.91. The minimum atomic E-state index is -3.89. The van der Waals surface area contributed by atoms with Gasteiger partial charge in [-0.3, -0.25) is 4.57 Å². The lowest BCUT2D eigenvalue weighted by molar-refractivity contribution is -0.890. The molecule has 1 atom stereocenters. The summed E-state index contributed by atoms with van der Waals surface area (Å²) in [7, 11) is -8.64. The quantitative estimate of drug-likeness (QED) is 0.0381. The van der Waals surface area contributed by atoms with Gasteiger partial charge in [0.2, 0.25) is 0 Å². The predicted octanol–water partition coefficient (Wildman–Crippen LogP) is 4.99. The average molecular weight is 677 g/mol. The zero-order chi connectivity index (χ0) is 32.2. The fourth-order valence-corrected chi connectivity index (χ4v) is 24.3. The van der Waals surface area contributed by atoms with Crippen LogP contribution < -0.4 is 0 Å². The first-order valence-electron chi connectivity index (χ1n) is 14.3. The third-order valence-corrected chi connectivity index (χ3v) is 22.5. The zero-order valence-electron chi connectivity index (χ0n) is 27.5. The molecule has 0 bridgehead atoms. The molecule has 0 rings (SSSR count). The van der Waals surface area contributed by atoms with Crippen molar-refractivity contribution in [3.05, 3.63) is 12.2 Å². The summed E-state index contributed by atoms with van der Waals surface area (Å²) in [6.07, 6.45) is 0.969. The standard InChI is InChI=1S/C25H58NO10PSi4/c1-24(2)25(28)32-20-19-31-17-14-22-39(7,8)35-41(11,12)36-40(9,10)34-38(5,6)21-13-15-26(3,4)16-18-33-37(29,30)23-27/h27H,1,13-23H2,2-12H3/p+1. The van der Waals surface area contributed by atoms with Crippen molar-refractivity contribution in [1.29, 1.82) is 0 Å². The normalized spacial score (nSPS) is 15.0. The highest BCUT2D eigenvalue weighted by atomic mass is 31.2. The summed E-state index contributed by atoms with van der Waals surface area (Å²) in [5.74, 6) is -0.396. The lowest BCUT2D eigenvalue weighted by Crippen LogP contribution is -2.56. The maximum Gasteiger partial charge on any atom is 0.353 e. The highest BCUT2D eigenvalue weighted by Crippen LogP contribution is 2.40. The molecule has 1 unspecified atom stereocenters. The van der Waals surface area contributed by atoms with Gasteiger partial charge in [-0.2, -0.15) is 0 Å². The van der Waals surface area contributed by atoms with Crippen molar-refractivity contribution in [2.24, 2.45) is 0 Å². The highest BCUT2D eigenvalue weighted by Gasteiger charge is 2.43. The first-order chi connectivity index (χ1) is 18.4. The van der Waals surface area contributed by atoms with Gasteiger partial charge in [0.15, 0.2) is 16.6 Å². The Morgan fingerprint density at radius 1 is 0.805 bits per heavy atom. The van der Waals surface area contributed by atoms with Crippen LogP contribution in [0, 0.1) is 0 Å². The summed E-state index contributed by atoms with van der Waals surface area (Å²) in [5, 5.41) is 8.88. The molecule has 0 saturated carbocycles. The number of esters is 1. The number of carbonyl (C=O) groups excluding carboxylic acids is 1. The number of hydrogen-bond donors (Lipinski definition) is 2. The van der Waals surface area contributed by atoms with Gasteiger partial charge in [-0.1, -0.05) is 6.58 Å². The smallest absolute Gasteiger partial charge is 0.353 e. The molecule has 0 aromatic rings. The van der Waals surface area contributed by atoms with E-state index in [4.69, 9.17) is 31.4 Å². The van der Waals surface area contributed by atoms with Gasteiger partial charge >= 0.3 is 30.7 Å². The Kier molecular flexibility index (Phi) is 17.5. The number of likely N-dealkylation sites (N-methyl/N-ethyl adjacent to an activating group) is 1. The van der Waals surface area contributed by atoms with E-state index in [-0.39, 0.29) is 13.2 Å². The van der Waals surface area contributed by atoms with Crippen LogP contribution in [-0.2, 0) is 35.7 Å². The van der Waals surface area contributed by atoms with Crippen molar-refractivity contribution >= 4 is 47.3 Å². The molecular formula is C25H59NO10PSi4+. The second-order valence-corrected chi connectivity index (χ2v) is 31.3. The second-order valence-electron chi connectivity index (χ2n) is 13.4. The van der Waals surface area contributed by atoms with E-state index in [2.05, 4.69) is 73.1 Å². The van der Waals surface area contributed by atoms with Crippen molar-refractivity contribution in [2.45, 2.75) is 84.2 Å². The summed E-state index contributed by atoms with van der Waals surface area (Å²) in [5.41, 5.74) is 0.382. The molecule has 0 amide bonds. The van der Waals surface area contributed by atoms with E-state index in [0.717, 1.165) is 31.5 Å². The molecule has 0 aliphatic rings. The van der Waals surface area contributed by atoms with Gasteiger partial charge in [0.25, 0.3) is 0 Å². The molecule has 0 aliphatic heterocycles. The van der Waals surface area contributed by atoms with Gasteiger partial charge in [-0.05, 0) is 84.2 Å². The minimum absolute atomic E-state index is 0.117. The maximum absolute atomic E-state index is 11.5. The van der Waals surface area contributed by atoms with E-state index in [1.54, 1.807) is 6.92 Å². The van der Waals surface area contributed by atoms with Crippen LogP contribution in [-0.4, -0.2) is 114 Å². The van der Waals surface area contributed by atoms with Gasteiger partial charge in [0, 0.05) is 12.2 Å². The first kappa shape index (κ1) is 41.0. The highest BCUT2D eigenvalue weighted by molar-refractivity contribution is 7.52. The fourth-order valence-electron chi connectivity index (χ4n) is 4.60. The van der Waals surface area contributed by atoms with Crippen LogP contribution in [0.25, 0.3) is 0 Å². The van der Waals surface area contributed by atoms with Crippen LogP contribution in [0.1, 0.15) is 19.8 Å². The maximum atomic E-state index is 11.5. The molecule has 0 fully saturated rings. The Labute approximate surface area is 253 Å². The Bertz CT molecular complexity index is 871. The molecule has 244 valence electrons. The number of carbonyl (C=O) groups is 1. The number of rotatable bonds is 23. The lowest BCUT2D eigenvalue weighted by atomic mass is 10.4. The molecule has 0 heterocycles.